The normalized spacial score (nSPS) is 23.4. The van der Waals surface area contributed by atoms with Gasteiger partial charge in [0.15, 0.2) is 5.96 Å². The highest BCUT2D eigenvalue weighted by molar-refractivity contribution is 14.0. The van der Waals surface area contributed by atoms with Crippen molar-refractivity contribution in [1.29, 1.82) is 0 Å². The third kappa shape index (κ3) is 7.26. The van der Waals surface area contributed by atoms with E-state index in [2.05, 4.69) is 15.6 Å². The molecule has 3 N–H and O–H groups in total. The monoisotopic (exact) mass is 483 g/mol. The molecule has 25 heavy (non-hydrogen) atoms. The molecule has 0 radical (unpaired) electrons. The van der Waals surface area contributed by atoms with Crippen molar-refractivity contribution in [3.05, 3.63) is 24.2 Å². The number of nitrogens with zero attached hydrogens (tertiary/aromatic N) is 1. The average molecular weight is 483 g/mol. The van der Waals surface area contributed by atoms with E-state index >= 15 is 0 Å². The van der Waals surface area contributed by atoms with Crippen molar-refractivity contribution in [2.45, 2.75) is 56.9 Å². The maximum Gasteiger partial charge on any atom is 0.191 e. The summed E-state index contributed by atoms with van der Waals surface area (Å²) in [6.45, 7) is 4.98. The lowest BCUT2D eigenvalue weighted by Gasteiger charge is -2.30. The first-order chi connectivity index (χ1) is 11.6. The Morgan fingerprint density at radius 3 is 2.92 bits per heavy atom. The van der Waals surface area contributed by atoms with Crippen LogP contribution < -0.4 is 10.6 Å². The zero-order valence-corrected chi connectivity index (χ0v) is 18.1. The summed E-state index contributed by atoms with van der Waals surface area (Å²) in [5, 5.41) is 17.0. The molecule has 4 unspecified atom stereocenters. The molecule has 4 atom stereocenters. The summed E-state index contributed by atoms with van der Waals surface area (Å²) in [5.74, 6) is 1.93. The smallest absolute Gasteiger partial charge is 0.191 e. The largest absolute Gasteiger partial charge is 0.467 e. The maximum absolute atomic E-state index is 12.1. The lowest BCUT2D eigenvalue weighted by Crippen LogP contribution is -2.46. The van der Waals surface area contributed by atoms with E-state index in [0.717, 1.165) is 38.0 Å². The first-order valence-corrected chi connectivity index (χ1v) is 10.2. The minimum atomic E-state index is -0.748. The van der Waals surface area contributed by atoms with Gasteiger partial charge in [-0.3, -0.25) is 9.20 Å². The van der Waals surface area contributed by atoms with Crippen LogP contribution >= 0.6 is 24.0 Å². The second-order valence-electron chi connectivity index (χ2n) is 6.05. The van der Waals surface area contributed by atoms with Crippen molar-refractivity contribution in [2.24, 2.45) is 4.99 Å². The molecule has 1 aromatic rings. The number of guanidine groups is 1. The Hall–Kier alpha value is -0.610. The van der Waals surface area contributed by atoms with Crippen molar-refractivity contribution in [1.82, 2.24) is 10.6 Å². The highest BCUT2D eigenvalue weighted by Crippen LogP contribution is 2.23. The molecule has 0 aliphatic heterocycles. The van der Waals surface area contributed by atoms with Crippen LogP contribution in [0.2, 0.25) is 0 Å². The third-order valence-electron chi connectivity index (χ3n) is 4.26. The number of hydrogen-bond acceptors (Lipinski definition) is 4. The van der Waals surface area contributed by atoms with Crippen molar-refractivity contribution in [3.8, 4) is 0 Å². The van der Waals surface area contributed by atoms with E-state index in [9.17, 15) is 9.32 Å². The molecule has 6 nitrogen and oxygen atoms in total. The number of aliphatic hydroxyl groups is 1. The van der Waals surface area contributed by atoms with E-state index in [0.29, 0.717) is 11.7 Å². The second kappa shape index (κ2) is 11.9. The highest BCUT2D eigenvalue weighted by atomic mass is 127. The molecule has 1 heterocycles. The molecule has 144 valence electrons. The number of hydrogen-bond donors (Lipinski definition) is 3. The molecule has 2 rings (SSSR count). The summed E-state index contributed by atoms with van der Waals surface area (Å²) < 4.78 is 17.3. The lowest BCUT2D eigenvalue weighted by atomic mass is 9.95. The molecular formula is C17H30IN3O3S. The van der Waals surface area contributed by atoms with E-state index in [1.807, 2.05) is 13.8 Å². The summed E-state index contributed by atoms with van der Waals surface area (Å²) in [7, 11) is -0.737. The second-order valence-corrected chi connectivity index (χ2v) is 8.06. The van der Waals surface area contributed by atoms with Gasteiger partial charge in [-0.25, -0.2) is 0 Å². The number of rotatable bonds is 7. The van der Waals surface area contributed by atoms with E-state index in [1.54, 1.807) is 18.4 Å². The quantitative estimate of drug-likeness (QED) is 0.315. The number of aliphatic imine (C=N–C) groups is 1. The Bertz CT molecular complexity index is 539. The van der Waals surface area contributed by atoms with Gasteiger partial charge in [-0.15, -0.1) is 24.0 Å². The Labute approximate surface area is 169 Å². The Morgan fingerprint density at radius 1 is 1.48 bits per heavy atom. The molecule has 1 aromatic heterocycles. The summed E-state index contributed by atoms with van der Waals surface area (Å²) in [5.41, 5.74) is 0. The Kier molecular flexibility index (Phi) is 10.7. The Balaban J connectivity index is 0.00000312. The van der Waals surface area contributed by atoms with Crippen molar-refractivity contribution in [3.63, 3.8) is 0 Å². The third-order valence-corrected chi connectivity index (χ3v) is 6.00. The minimum absolute atomic E-state index is 0. The van der Waals surface area contributed by atoms with E-state index in [4.69, 9.17) is 4.42 Å². The average Bonchev–Trinajstić information content (AvgIpc) is 3.14. The number of halogens is 1. The van der Waals surface area contributed by atoms with Crippen molar-refractivity contribution < 1.29 is 13.7 Å². The van der Waals surface area contributed by atoms with E-state index < -0.39 is 16.9 Å². The van der Waals surface area contributed by atoms with Gasteiger partial charge in [-0.1, -0.05) is 13.3 Å². The van der Waals surface area contributed by atoms with Crippen LogP contribution in [-0.2, 0) is 10.8 Å². The fourth-order valence-corrected chi connectivity index (χ4v) is 4.36. The standard InChI is InChI=1S/C17H29N3O3S.HI/c1-3-18-17(19-12-15(21)16-9-6-10-23-16)20-13-7-5-8-14(11-13)24(22)4-2;/h6,9-10,13-15,21H,3-5,7-8,11-12H2,1-2H3,(H2,18,19,20);1H. The molecular weight excluding hydrogens is 453 g/mol. The summed E-state index contributed by atoms with van der Waals surface area (Å²) in [4.78, 5) is 4.46. The molecule has 1 aliphatic rings. The number of nitrogens with one attached hydrogen (secondary N) is 2. The number of aliphatic hydroxyl groups excluding tert-OH is 1. The molecule has 1 aliphatic carbocycles. The predicted molar refractivity (Wildman–Crippen MR) is 113 cm³/mol. The predicted octanol–water partition coefficient (Wildman–Crippen LogP) is 2.57. The summed E-state index contributed by atoms with van der Waals surface area (Å²) in [6, 6.07) is 3.77. The fourth-order valence-electron chi connectivity index (χ4n) is 3.01. The fraction of sp³-hybridized carbons (Fsp3) is 0.706. The van der Waals surface area contributed by atoms with Gasteiger partial charge in [0.2, 0.25) is 0 Å². The topological polar surface area (TPSA) is 86.9 Å². The number of furan rings is 1. The first-order valence-electron chi connectivity index (χ1n) is 8.77. The van der Waals surface area contributed by atoms with Gasteiger partial charge in [0.25, 0.3) is 0 Å². The van der Waals surface area contributed by atoms with Gasteiger partial charge in [-0.05, 0) is 38.3 Å². The zero-order valence-electron chi connectivity index (χ0n) is 14.9. The van der Waals surface area contributed by atoms with Crippen LogP contribution in [0.1, 0.15) is 51.4 Å². The molecule has 1 fully saturated rings. The molecule has 0 saturated heterocycles. The van der Waals surface area contributed by atoms with Gasteiger partial charge >= 0.3 is 0 Å². The van der Waals surface area contributed by atoms with Crippen LogP contribution in [0.3, 0.4) is 0 Å². The van der Waals surface area contributed by atoms with Crippen molar-refractivity contribution in [2.75, 3.05) is 18.8 Å². The van der Waals surface area contributed by atoms with Crippen LogP contribution in [0.15, 0.2) is 27.8 Å². The van der Waals surface area contributed by atoms with E-state index in [1.165, 1.54) is 0 Å². The zero-order chi connectivity index (χ0) is 17.4. The molecule has 8 heteroatoms. The maximum atomic E-state index is 12.1. The molecule has 0 aromatic carbocycles. The lowest BCUT2D eigenvalue weighted by molar-refractivity contribution is 0.158. The van der Waals surface area contributed by atoms with Crippen LogP contribution in [0.4, 0.5) is 0 Å². The van der Waals surface area contributed by atoms with Gasteiger partial charge in [0.1, 0.15) is 11.9 Å². The van der Waals surface area contributed by atoms with Crippen LogP contribution in [-0.4, -0.2) is 45.4 Å². The van der Waals surface area contributed by atoms with Crippen LogP contribution in [0, 0.1) is 0 Å². The van der Waals surface area contributed by atoms with Gasteiger partial charge in [0, 0.05) is 34.4 Å². The molecule has 0 bridgehead atoms. The van der Waals surface area contributed by atoms with Crippen molar-refractivity contribution >= 4 is 40.7 Å². The Morgan fingerprint density at radius 2 is 2.28 bits per heavy atom. The van der Waals surface area contributed by atoms with Gasteiger partial charge in [0.05, 0.1) is 12.8 Å². The minimum Gasteiger partial charge on any atom is -0.467 e. The molecule has 1 saturated carbocycles. The van der Waals surface area contributed by atoms with Crippen LogP contribution in [0.25, 0.3) is 0 Å². The summed E-state index contributed by atoms with van der Waals surface area (Å²) in [6.07, 6.45) is 4.89. The van der Waals surface area contributed by atoms with E-state index in [-0.39, 0.29) is 41.8 Å². The van der Waals surface area contributed by atoms with Gasteiger partial charge < -0.3 is 20.2 Å². The molecule has 0 spiro atoms. The summed E-state index contributed by atoms with van der Waals surface area (Å²) >= 11 is 0. The SMILES string of the molecule is CCNC(=NCC(O)c1ccco1)NC1CCCC(S(=O)CC)C1.I. The van der Waals surface area contributed by atoms with Gasteiger partial charge in [-0.2, -0.15) is 0 Å². The first kappa shape index (κ1) is 22.4. The van der Waals surface area contributed by atoms with Crippen LogP contribution in [0.5, 0.6) is 0 Å². The highest BCUT2D eigenvalue weighted by Gasteiger charge is 2.26. The molecule has 0 amide bonds.